The highest BCUT2D eigenvalue weighted by Crippen LogP contribution is 2.42. The van der Waals surface area contributed by atoms with Crippen LogP contribution in [0.5, 0.6) is 11.5 Å². The molecular weight excluding hydrogens is 476 g/mol. The quantitative estimate of drug-likeness (QED) is 0.485. The van der Waals surface area contributed by atoms with E-state index in [0.29, 0.717) is 39.6 Å². The number of fused-ring (bicyclic) bond motifs is 1. The molecule has 1 aliphatic rings. The van der Waals surface area contributed by atoms with Crippen molar-refractivity contribution in [1.82, 2.24) is 20.2 Å². The number of nitrogens with zero attached hydrogens (tertiary/aromatic N) is 4. The van der Waals surface area contributed by atoms with Crippen LogP contribution in [0.3, 0.4) is 0 Å². The zero-order chi connectivity index (χ0) is 23.0. The topological polar surface area (TPSA) is 114 Å². The van der Waals surface area contributed by atoms with E-state index < -0.39 is 6.04 Å². The van der Waals surface area contributed by atoms with Crippen LogP contribution in [0.2, 0.25) is 0 Å². The number of carbonyl (C=O) groups is 1. The van der Waals surface area contributed by atoms with Crippen molar-refractivity contribution in [3.05, 3.63) is 62.8 Å². The molecule has 0 fully saturated rings. The van der Waals surface area contributed by atoms with E-state index in [9.17, 15) is 9.90 Å². The average Bonchev–Trinajstić information content (AvgIpc) is 3.21. The fourth-order valence-corrected chi connectivity index (χ4v) is 4.17. The van der Waals surface area contributed by atoms with Crippen molar-refractivity contribution in [1.29, 1.82) is 0 Å². The van der Waals surface area contributed by atoms with E-state index in [2.05, 4.69) is 42.1 Å². The first kappa shape index (κ1) is 21.8. The number of amides is 1. The number of aromatic nitrogens is 4. The number of phenolic OH excluding ortho intramolecular Hbond substituents is 1. The number of aromatic hydroxyl groups is 1. The molecule has 0 unspecified atom stereocenters. The van der Waals surface area contributed by atoms with Crippen LogP contribution >= 0.6 is 15.9 Å². The molecule has 0 radical (unpaired) electrons. The fourth-order valence-electron chi connectivity index (χ4n) is 3.71. The number of carbonyl (C=O) groups excluding carboxylic acids is 1. The molecule has 1 aromatic heterocycles. The molecule has 3 N–H and O–H groups in total. The standard InChI is InChI=1S/C22H23BrN6O3/c1-5-32-17-10-14(9-15(23)20(17)30)19-18(13(4)24-22-26-27-28-29(19)22)21(31)25-16-8-6-7-11(2)12(16)3/h6-10,19,30H,5H2,1-4H3,(H,25,31)(H,24,26,28)/t19-/m1/s1. The minimum atomic E-state index is -0.637. The van der Waals surface area contributed by atoms with Crippen LogP contribution in [0.4, 0.5) is 11.6 Å². The lowest BCUT2D eigenvalue weighted by Gasteiger charge is -2.28. The first-order valence-corrected chi connectivity index (χ1v) is 10.9. The van der Waals surface area contributed by atoms with Crippen molar-refractivity contribution in [3.8, 4) is 11.5 Å². The minimum Gasteiger partial charge on any atom is -0.503 e. The summed E-state index contributed by atoms with van der Waals surface area (Å²) < 4.78 is 7.58. The third-order valence-electron chi connectivity index (χ3n) is 5.48. The van der Waals surface area contributed by atoms with E-state index in [4.69, 9.17) is 4.74 Å². The van der Waals surface area contributed by atoms with Gasteiger partial charge in [0.15, 0.2) is 11.5 Å². The first-order chi connectivity index (χ1) is 15.3. The molecule has 0 saturated heterocycles. The Balaban J connectivity index is 1.82. The number of benzene rings is 2. The number of phenols is 1. The van der Waals surface area contributed by atoms with Crippen LogP contribution < -0.4 is 15.4 Å². The molecule has 9 nitrogen and oxygen atoms in total. The van der Waals surface area contributed by atoms with Crippen molar-refractivity contribution in [3.63, 3.8) is 0 Å². The van der Waals surface area contributed by atoms with E-state index in [-0.39, 0.29) is 11.7 Å². The van der Waals surface area contributed by atoms with Gasteiger partial charge in [-0.15, -0.1) is 0 Å². The Morgan fingerprint density at radius 2 is 2.09 bits per heavy atom. The van der Waals surface area contributed by atoms with Crippen molar-refractivity contribution in [2.45, 2.75) is 33.7 Å². The Hall–Kier alpha value is -3.40. The maximum atomic E-state index is 13.5. The summed E-state index contributed by atoms with van der Waals surface area (Å²) in [5.41, 5.74) is 4.57. The Morgan fingerprint density at radius 1 is 1.31 bits per heavy atom. The van der Waals surface area contributed by atoms with Gasteiger partial charge in [0.25, 0.3) is 5.91 Å². The second-order valence-corrected chi connectivity index (χ2v) is 8.35. The zero-order valence-corrected chi connectivity index (χ0v) is 19.7. The lowest BCUT2D eigenvalue weighted by atomic mass is 9.94. The molecule has 2 heterocycles. The molecule has 10 heteroatoms. The number of tetrazole rings is 1. The molecule has 1 aliphatic heterocycles. The van der Waals surface area contributed by atoms with Crippen molar-refractivity contribution < 1.29 is 14.6 Å². The highest BCUT2D eigenvalue weighted by atomic mass is 79.9. The van der Waals surface area contributed by atoms with Crippen LogP contribution in [0.25, 0.3) is 0 Å². The van der Waals surface area contributed by atoms with E-state index in [1.807, 2.05) is 45.9 Å². The van der Waals surface area contributed by atoms with Crippen molar-refractivity contribution in [2.24, 2.45) is 0 Å². The van der Waals surface area contributed by atoms with Gasteiger partial charge in [-0.3, -0.25) is 4.79 Å². The van der Waals surface area contributed by atoms with Gasteiger partial charge >= 0.3 is 0 Å². The largest absolute Gasteiger partial charge is 0.503 e. The molecule has 4 rings (SSSR count). The number of rotatable bonds is 5. The number of hydrogen-bond acceptors (Lipinski definition) is 7. The van der Waals surface area contributed by atoms with Gasteiger partial charge in [0.1, 0.15) is 6.04 Å². The van der Waals surface area contributed by atoms with Gasteiger partial charge < -0.3 is 20.5 Å². The molecule has 2 aromatic carbocycles. The number of nitrogens with one attached hydrogen (secondary N) is 2. The summed E-state index contributed by atoms with van der Waals surface area (Å²) in [6.07, 6.45) is 0. The summed E-state index contributed by atoms with van der Waals surface area (Å²) in [6.45, 7) is 7.98. The van der Waals surface area contributed by atoms with Gasteiger partial charge in [-0.1, -0.05) is 17.2 Å². The van der Waals surface area contributed by atoms with Gasteiger partial charge in [-0.2, -0.15) is 4.68 Å². The Morgan fingerprint density at radius 3 is 2.84 bits per heavy atom. The van der Waals surface area contributed by atoms with Crippen LogP contribution in [0.15, 0.2) is 46.1 Å². The number of aryl methyl sites for hydroxylation is 1. The smallest absolute Gasteiger partial charge is 0.255 e. The Bertz CT molecular complexity index is 1240. The van der Waals surface area contributed by atoms with Gasteiger partial charge in [-0.05, 0) is 88.9 Å². The summed E-state index contributed by atoms with van der Waals surface area (Å²) in [4.78, 5) is 13.5. The normalized spacial score (nSPS) is 15.2. The lowest BCUT2D eigenvalue weighted by Crippen LogP contribution is -2.31. The van der Waals surface area contributed by atoms with E-state index in [1.54, 1.807) is 16.8 Å². The summed E-state index contributed by atoms with van der Waals surface area (Å²) in [6, 6.07) is 8.56. The molecular formula is C22H23BrN6O3. The van der Waals surface area contributed by atoms with Crippen molar-refractivity contribution >= 4 is 33.5 Å². The van der Waals surface area contributed by atoms with Crippen LogP contribution in [-0.2, 0) is 4.79 Å². The van der Waals surface area contributed by atoms with Gasteiger partial charge in [0, 0.05) is 11.4 Å². The maximum absolute atomic E-state index is 13.5. The number of halogens is 1. The van der Waals surface area contributed by atoms with Gasteiger partial charge in [0.2, 0.25) is 5.95 Å². The van der Waals surface area contributed by atoms with Crippen LogP contribution in [0, 0.1) is 13.8 Å². The maximum Gasteiger partial charge on any atom is 0.255 e. The molecule has 32 heavy (non-hydrogen) atoms. The van der Waals surface area contributed by atoms with E-state index in [1.165, 1.54) is 0 Å². The third kappa shape index (κ3) is 3.81. The average molecular weight is 499 g/mol. The molecule has 0 bridgehead atoms. The third-order valence-corrected chi connectivity index (χ3v) is 6.08. The second-order valence-electron chi connectivity index (χ2n) is 7.50. The SMILES string of the molecule is CCOc1cc([C@@H]2C(C(=O)Nc3cccc(C)c3C)=C(C)Nc3nnnn32)cc(Br)c1O. The molecule has 166 valence electrons. The highest BCUT2D eigenvalue weighted by molar-refractivity contribution is 9.10. The molecule has 1 amide bonds. The number of anilines is 2. The monoisotopic (exact) mass is 498 g/mol. The fraction of sp³-hybridized carbons (Fsp3) is 0.273. The summed E-state index contributed by atoms with van der Waals surface area (Å²) in [7, 11) is 0. The summed E-state index contributed by atoms with van der Waals surface area (Å²) in [5.74, 6) is 0.426. The zero-order valence-electron chi connectivity index (χ0n) is 18.1. The molecule has 0 saturated carbocycles. The van der Waals surface area contributed by atoms with Gasteiger partial charge in [-0.25, -0.2) is 0 Å². The Kier molecular flexibility index (Phi) is 5.88. The summed E-state index contributed by atoms with van der Waals surface area (Å²) >= 11 is 3.38. The first-order valence-electron chi connectivity index (χ1n) is 10.1. The highest BCUT2D eigenvalue weighted by Gasteiger charge is 2.35. The molecule has 0 aliphatic carbocycles. The van der Waals surface area contributed by atoms with Crippen molar-refractivity contribution in [2.75, 3.05) is 17.2 Å². The Labute approximate surface area is 193 Å². The minimum absolute atomic E-state index is 0.0106. The molecule has 1 atom stereocenters. The summed E-state index contributed by atoms with van der Waals surface area (Å²) in [5, 5.41) is 28.4. The number of hydrogen-bond donors (Lipinski definition) is 3. The van der Waals surface area contributed by atoms with E-state index in [0.717, 1.165) is 16.8 Å². The predicted molar refractivity (Wildman–Crippen MR) is 124 cm³/mol. The lowest BCUT2D eigenvalue weighted by molar-refractivity contribution is -0.113. The predicted octanol–water partition coefficient (Wildman–Crippen LogP) is 4.08. The molecule has 3 aromatic rings. The van der Waals surface area contributed by atoms with E-state index >= 15 is 0 Å². The van der Waals surface area contributed by atoms with Crippen LogP contribution in [-0.4, -0.2) is 37.8 Å². The van der Waals surface area contributed by atoms with Crippen LogP contribution in [0.1, 0.15) is 36.6 Å². The number of allylic oxidation sites excluding steroid dienone is 1. The molecule has 0 spiro atoms. The second kappa shape index (κ2) is 8.62. The van der Waals surface area contributed by atoms with Gasteiger partial charge in [0.05, 0.1) is 16.7 Å². The number of ether oxygens (including phenoxy) is 1.